The van der Waals surface area contributed by atoms with E-state index in [0.717, 1.165) is 17.9 Å². The molecular formula is C15H18N2O2. The molecule has 0 bridgehead atoms. The van der Waals surface area contributed by atoms with E-state index in [1.165, 1.54) is 0 Å². The molecule has 0 saturated heterocycles. The molecule has 1 aromatic carbocycles. The number of amides is 1. The van der Waals surface area contributed by atoms with Crippen LogP contribution in [0.4, 0.5) is 5.69 Å². The van der Waals surface area contributed by atoms with Crippen molar-refractivity contribution < 1.29 is 9.21 Å². The molecule has 100 valence electrons. The van der Waals surface area contributed by atoms with E-state index >= 15 is 0 Å². The maximum atomic E-state index is 11.4. The Morgan fingerprint density at radius 2 is 2.00 bits per heavy atom. The van der Waals surface area contributed by atoms with E-state index in [-0.39, 0.29) is 11.9 Å². The highest BCUT2D eigenvalue weighted by Gasteiger charge is 2.11. The fourth-order valence-electron chi connectivity index (χ4n) is 1.93. The van der Waals surface area contributed by atoms with Crippen molar-refractivity contribution in [3.63, 3.8) is 0 Å². The molecule has 2 N–H and O–H groups in total. The lowest BCUT2D eigenvalue weighted by atomic mass is 10.1. The van der Waals surface area contributed by atoms with Crippen LogP contribution in [0.5, 0.6) is 0 Å². The van der Waals surface area contributed by atoms with Crippen molar-refractivity contribution in [3.8, 4) is 0 Å². The molecule has 4 heteroatoms. The molecule has 19 heavy (non-hydrogen) atoms. The molecule has 2 aromatic rings. The third-order valence-electron chi connectivity index (χ3n) is 3.01. The minimum Gasteiger partial charge on any atom is -0.467 e. The van der Waals surface area contributed by atoms with E-state index < -0.39 is 0 Å². The van der Waals surface area contributed by atoms with Gasteiger partial charge in [0, 0.05) is 18.3 Å². The molecule has 1 amide bonds. The van der Waals surface area contributed by atoms with Crippen LogP contribution in [0, 0.1) is 0 Å². The fraction of sp³-hybridized carbons (Fsp3) is 0.267. The van der Waals surface area contributed by atoms with Crippen LogP contribution in [0.25, 0.3) is 0 Å². The molecule has 1 aromatic heterocycles. The third kappa shape index (κ3) is 3.16. The molecule has 1 unspecified atom stereocenters. The van der Waals surface area contributed by atoms with Gasteiger partial charge >= 0.3 is 0 Å². The SMILES string of the molecule is CCC(Nc1ccc(C(=O)NC)cc1)c1ccco1. The highest BCUT2D eigenvalue weighted by atomic mass is 16.3. The van der Waals surface area contributed by atoms with Gasteiger partial charge in [-0.05, 0) is 42.8 Å². The van der Waals surface area contributed by atoms with Gasteiger partial charge in [-0.3, -0.25) is 4.79 Å². The summed E-state index contributed by atoms with van der Waals surface area (Å²) < 4.78 is 5.41. The normalized spacial score (nSPS) is 11.9. The van der Waals surface area contributed by atoms with Gasteiger partial charge < -0.3 is 15.1 Å². The van der Waals surface area contributed by atoms with Crippen LogP contribution in [0.1, 0.15) is 35.5 Å². The Labute approximate surface area is 112 Å². The molecule has 0 radical (unpaired) electrons. The van der Waals surface area contributed by atoms with E-state index in [2.05, 4.69) is 17.6 Å². The Kier molecular flexibility index (Phi) is 4.23. The van der Waals surface area contributed by atoms with Crippen molar-refractivity contribution in [1.29, 1.82) is 0 Å². The minimum absolute atomic E-state index is 0.0790. The Morgan fingerprint density at radius 3 is 2.53 bits per heavy atom. The predicted molar refractivity (Wildman–Crippen MR) is 75.2 cm³/mol. The summed E-state index contributed by atoms with van der Waals surface area (Å²) in [4.78, 5) is 11.4. The summed E-state index contributed by atoms with van der Waals surface area (Å²) in [7, 11) is 1.62. The molecule has 1 heterocycles. The molecule has 0 fully saturated rings. The van der Waals surface area contributed by atoms with Gasteiger partial charge in [-0.15, -0.1) is 0 Å². The number of hydrogen-bond donors (Lipinski definition) is 2. The summed E-state index contributed by atoms with van der Waals surface area (Å²) in [5.41, 5.74) is 1.62. The van der Waals surface area contributed by atoms with Crippen LogP contribution in [0.3, 0.4) is 0 Å². The van der Waals surface area contributed by atoms with Crippen molar-refractivity contribution in [2.45, 2.75) is 19.4 Å². The molecular weight excluding hydrogens is 240 g/mol. The van der Waals surface area contributed by atoms with Crippen molar-refractivity contribution in [3.05, 3.63) is 54.0 Å². The van der Waals surface area contributed by atoms with Crippen LogP contribution in [0.15, 0.2) is 47.1 Å². The zero-order valence-corrected chi connectivity index (χ0v) is 11.1. The van der Waals surface area contributed by atoms with Crippen LogP contribution in [0.2, 0.25) is 0 Å². The number of hydrogen-bond acceptors (Lipinski definition) is 3. The lowest BCUT2D eigenvalue weighted by molar-refractivity contribution is 0.0963. The summed E-state index contributed by atoms with van der Waals surface area (Å²) in [6.45, 7) is 2.10. The number of nitrogens with one attached hydrogen (secondary N) is 2. The highest BCUT2D eigenvalue weighted by molar-refractivity contribution is 5.94. The highest BCUT2D eigenvalue weighted by Crippen LogP contribution is 2.23. The van der Waals surface area contributed by atoms with E-state index in [1.54, 1.807) is 25.4 Å². The van der Waals surface area contributed by atoms with Crippen molar-refractivity contribution in [2.24, 2.45) is 0 Å². The third-order valence-corrected chi connectivity index (χ3v) is 3.01. The number of benzene rings is 1. The number of carbonyl (C=O) groups excluding carboxylic acids is 1. The first-order chi connectivity index (χ1) is 9.24. The van der Waals surface area contributed by atoms with E-state index in [4.69, 9.17) is 4.42 Å². The Hall–Kier alpha value is -2.23. The molecule has 0 aliphatic rings. The number of carbonyl (C=O) groups is 1. The van der Waals surface area contributed by atoms with Crippen molar-refractivity contribution >= 4 is 11.6 Å². The second kappa shape index (κ2) is 6.09. The fourth-order valence-corrected chi connectivity index (χ4v) is 1.93. The first kappa shape index (κ1) is 13.2. The average molecular weight is 258 g/mol. The Bertz CT molecular complexity index is 518. The average Bonchev–Trinajstić information content (AvgIpc) is 2.98. The summed E-state index contributed by atoms with van der Waals surface area (Å²) >= 11 is 0. The van der Waals surface area contributed by atoms with Gasteiger partial charge in [-0.2, -0.15) is 0 Å². The maximum Gasteiger partial charge on any atom is 0.251 e. The number of anilines is 1. The molecule has 0 saturated carbocycles. The monoisotopic (exact) mass is 258 g/mol. The van der Waals surface area contributed by atoms with E-state index in [9.17, 15) is 4.79 Å². The first-order valence-corrected chi connectivity index (χ1v) is 6.36. The summed E-state index contributed by atoms with van der Waals surface area (Å²) in [6.07, 6.45) is 2.60. The van der Waals surface area contributed by atoms with Gasteiger partial charge in [-0.1, -0.05) is 6.92 Å². The second-order valence-electron chi connectivity index (χ2n) is 4.28. The minimum atomic E-state index is -0.0790. The quantitative estimate of drug-likeness (QED) is 0.866. The second-order valence-corrected chi connectivity index (χ2v) is 4.28. The molecule has 2 rings (SSSR count). The first-order valence-electron chi connectivity index (χ1n) is 6.36. The molecule has 1 atom stereocenters. The van der Waals surface area contributed by atoms with Gasteiger partial charge in [-0.25, -0.2) is 0 Å². The predicted octanol–water partition coefficient (Wildman–Crippen LogP) is 3.20. The summed E-state index contributed by atoms with van der Waals surface area (Å²) in [6, 6.07) is 11.4. The van der Waals surface area contributed by atoms with Crippen LogP contribution in [-0.4, -0.2) is 13.0 Å². The van der Waals surface area contributed by atoms with E-state index in [1.807, 2.05) is 24.3 Å². The van der Waals surface area contributed by atoms with E-state index in [0.29, 0.717) is 5.56 Å². The topological polar surface area (TPSA) is 54.3 Å². The van der Waals surface area contributed by atoms with Crippen LogP contribution < -0.4 is 10.6 Å². The molecule has 0 aliphatic carbocycles. The maximum absolute atomic E-state index is 11.4. The number of furan rings is 1. The van der Waals surface area contributed by atoms with Gasteiger partial charge in [0.15, 0.2) is 0 Å². The Balaban J connectivity index is 2.08. The molecule has 0 spiro atoms. The standard InChI is InChI=1S/C15H18N2O2/c1-3-13(14-5-4-10-19-14)17-12-8-6-11(7-9-12)15(18)16-2/h4-10,13,17H,3H2,1-2H3,(H,16,18). The molecule has 4 nitrogen and oxygen atoms in total. The van der Waals surface area contributed by atoms with Crippen molar-refractivity contribution in [1.82, 2.24) is 5.32 Å². The summed E-state index contributed by atoms with van der Waals surface area (Å²) in [5.74, 6) is 0.836. The lowest BCUT2D eigenvalue weighted by Gasteiger charge is -2.16. The zero-order valence-electron chi connectivity index (χ0n) is 11.1. The lowest BCUT2D eigenvalue weighted by Crippen LogP contribution is -2.17. The van der Waals surface area contributed by atoms with Gasteiger partial charge in [0.05, 0.1) is 12.3 Å². The number of rotatable bonds is 5. The largest absolute Gasteiger partial charge is 0.467 e. The van der Waals surface area contributed by atoms with Gasteiger partial charge in [0.2, 0.25) is 0 Å². The smallest absolute Gasteiger partial charge is 0.251 e. The Morgan fingerprint density at radius 1 is 1.26 bits per heavy atom. The van der Waals surface area contributed by atoms with Gasteiger partial charge in [0.1, 0.15) is 5.76 Å². The van der Waals surface area contributed by atoms with Crippen molar-refractivity contribution in [2.75, 3.05) is 12.4 Å². The van der Waals surface area contributed by atoms with Crippen LogP contribution in [-0.2, 0) is 0 Å². The van der Waals surface area contributed by atoms with Gasteiger partial charge in [0.25, 0.3) is 5.91 Å². The molecule has 0 aliphatic heterocycles. The van der Waals surface area contributed by atoms with Crippen LogP contribution >= 0.6 is 0 Å². The zero-order chi connectivity index (χ0) is 13.7. The summed E-state index contributed by atoms with van der Waals surface area (Å²) in [5, 5.41) is 5.99.